The second-order valence-electron chi connectivity index (χ2n) is 12.1. The molecule has 0 bridgehead atoms. The number of hydrogen-bond donors (Lipinski definition) is 3. The molecule has 3 N–H and O–H groups in total. The van der Waals surface area contributed by atoms with Gasteiger partial charge in [0.15, 0.2) is 12.3 Å². The first-order chi connectivity index (χ1) is 23.1. The van der Waals surface area contributed by atoms with Gasteiger partial charge in [-0.1, -0.05) is 18.2 Å². The van der Waals surface area contributed by atoms with Crippen molar-refractivity contribution in [1.29, 1.82) is 0 Å². The van der Waals surface area contributed by atoms with Gasteiger partial charge in [-0.3, -0.25) is 24.0 Å². The van der Waals surface area contributed by atoms with Gasteiger partial charge in [-0.2, -0.15) is 5.10 Å². The molecule has 5 rings (SSSR count). The van der Waals surface area contributed by atoms with E-state index in [1.807, 2.05) is 4.90 Å². The highest BCUT2D eigenvalue weighted by molar-refractivity contribution is 5.96. The third kappa shape index (κ3) is 8.22. The molecule has 4 heterocycles. The monoisotopic (exact) mass is 667 g/mol. The van der Waals surface area contributed by atoms with E-state index in [9.17, 15) is 39.0 Å². The van der Waals surface area contributed by atoms with Crippen LogP contribution >= 0.6 is 0 Å². The van der Waals surface area contributed by atoms with E-state index in [0.717, 1.165) is 19.3 Å². The molecule has 1 aromatic heterocycles. The van der Waals surface area contributed by atoms with Crippen LogP contribution in [0.4, 0.5) is 4.79 Å². The molecule has 0 aliphatic carbocycles. The largest absolute Gasteiger partial charge is 0.481 e. The van der Waals surface area contributed by atoms with Crippen LogP contribution in [-0.2, 0) is 19.2 Å². The summed E-state index contributed by atoms with van der Waals surface area (Å²) in [6.07, 6.45) is 2.61. The van der Waals surface area contributed by atoms with Gasteiger partial charge in [-0.05, 0) is 50.7 Å². The predicted molar refractivity (Wildman–Crippen MR) is 169 cm³/mol. The maximum atomic E-state index is 13.5. The Balaban J connectivity index is 1.29. The van der Waals surface area contributed by atoms with Crippen LogP contribution in [0, 0.1) is 0 Å². The van der Waals surface area contributed by atoms with Gasteiger partial charge < -0.3 is 39.9 Å². The third-order valence-corrected chi connectivity index (χ3v) is 8.89. The average Bonchev–Trinajstić information content (AvgIpc) is 3.77. The predicted octanol–water partition coefficient (Wildman–Crippen LogP) is 1.04. The number of aromatic nitrogens is 2. The molecule has 16 heteroatoms. The summed E-state index contributed by atoms with van der Waals surface area (Å²) in [5.74, 6) is -2.76. The number of nitrogens with zero attached hydrogens (tertiary/aromatic N) is 6. The van der Waals surface area contributed by atoms with E-state index >= 15 is 0 Å². The molecule has 0 unspecified atom stereocenters. The number of carbonyl (C=O) groups excluding carboxylic acids is 4. The van der Waals surface area contributed by atoms with Crippen molar-refractivity contribution in [2.24, 2.45) is 0 Å². The number of ether oxygens (including phenoxy) is 1. The third-order valence-electron chi connectivity index (χ3n) is 8.89. The van der Waals surface area contributed by atoms with Gasteiger partial charge in [0, 0.05) is 58.3 Å². The van der Waals surface area contributed by atoms with Gasteiger partial charge >= 0.3 is 12.1 Å². The molecule has 5 amide bonds. The SMILES string of the molecule is O=C(O)CC[C@H](NC(=O)c1cc(OCC(=O)N2CCC[C@H]2C(=O)N2CCCCC2)n(-c2ccccc2)n1)C(=O)N1CCN(C(=O)O)CC1. The minimum Gasteiger partial charge on any atom is -0.481 e. The highest BCUT2D eigenvalue weighted by atomic mass is 16.5. The lowest BCUT2D eigenvalue weighted by Gasteiger charge is -2.35. The molecular formula is C32H41N7O9. The molecule has 3 fully saturated rings. The molecule has 258 valence electrons. The fraction of sp³-hybridized carbons (Fsp3) is 0.531. The Hall–Kier alpha value is -5.15. The van der Waals surface area contributed by atoms with E-state index in [1.54, 1.807) is 35.2 Å². The number of piperidine rings is 1. The zero-order valence-corrected chi connectivity index (χ0v) is 26.7. The molecule has 2 aromatic rings. The van der Waals surface area contributed by atoms with Crippen molar-refractivity contribution in [3.63, 3.8) is 0 Å². The number of carbonyl (C=O) groups is 6. The summed E-state index contributed by atoms with van der Waals surface area (Å²) in [5, 5.41) is 25.5. The van der Waals surface area contributed by atoms with Gasteiger partial charge in [0.05, 0.1) is 5.69 Å². The normalized spacial score (nSPS) is 18.7. The molecule has 0 saturated carbocycles. The fourth-order valence-electron chi connectivity index (χ4n) is 6.29. The highest BCUT2D eigenvalue weighted by Crippen LogP contribution is 2.24. The number of nitrogens with one attached hydrogen (secondary N) is 1. The summed E-state index contributed by atoms with van der Waals surface area (Å²) in [6, 6.07) is 8.37. The Labute approximate surface area is 277 Å². The van der Waals surface area contributed by atoms with Crippen LogP contribution in [0.5, 0.6) is 5.88 Å². The highest BCUT2D eigenvalue weighted by Gasteiger charge is 2.37. The van der Waals surface area contributed by atoms with Gasteiger partial charge in [0.2, 0.25) is 17.7 Å². The number of benzene rings is 1. The molecule has 2 atom stereocenters. The minimum absolute atomic E-state index is 0.0374. The van der Waals surface area contributed by atoms with Crippen LogP contribution in [0.2, 0.25) is 0 Å². The van der Waals surface area contributed by atoms with Crippen LogP contribution in [0.3, 0.4) is 0 Å². The van der Waals surface area contributed by atoms with Crippen LogP contribution in [0.1, 0.15) is 55.4 Å². The first kappa shape index (κ1) is 34.2. The van der Waals surface area contributed by atoms with E-state index in [4.69, 9.17) is 4.74 Å². The van der Waals surface area contributed by atoms with Crippen molar-refractivity contribution in [3.8, 4) is 11.6 Å². The van der Waals surface area contributed by atoms with E-state index in [1.165, 1.54) is 20.5 Å². The second-order valence-corrected chi connectivity index (χ2v) is 12.1. The number of carboxylic acid groups (broad SMARTS) is 2. The first-order valence-electron chi connectivity index (χ1n) is 16.3. The van der Waals surface area contributed by atoms with Crippen molar-refractivity contribution in [2.75, 3.05) is 52.4 Å². The smallest absolute Gasteiger partial charge is 0.407 e. The maximum absolute atomic E-state index is 13.5. The number of hydrogen-bond acceptors (Lipinski definition) is 8. The number of likely N-dealkylation sites (tertiary alicyclic amines) is 2. The van der Waals surface area contributed by atoms with Crippen molar-refractivity contribution >= 4 is 35.7 Å². The Kier molecular flexibility index (Phi) is 11.1. The summed E-state index contributed by atoms with van der Waals surface area (Å²) in [6.45, 7) is 1.80. The molecule has 3 saturated heterocycles. The Morgan fingerprint density at radius 1 is 0.854 bits per heavy atom. The number of carboxylic acids is 1. The van der Waals surface area contributed by atoms with E-state index in [-0.39, 0.29) is 56.0 Å². The molecule has 48 heavy (non-hydrogen) atoms. The zero-order valence-electron chi connectivity index (χ0n) is 26.7. The summed E-state index contributed by atoms with van der Waals surface area (Å²) in [5.41, 5.74) is 0.401. The molecule has 0 spiro atoms. The number of para-hydroxylation sites is 1. The quantitative estimate of drug-likeness (QED) is 0.312. The standard InChI is InChI=1S/C32H41N7O9/c40-26(38-15-7-10-25(38)31(45)35-13-5-2-6-14-35)21-48-27-20-24(34-39(27)22-8-3-1-4-9-22)29(43)33-23(11-12-28(41)42)30(44)36-16-18-37(19-17-36)32(46)47/h1,3-4,8-9,20,23,25H,2,5-7,10-19,21H2,(H,33,43)(H,41,42)(H,46,47)/t23-,25-/m0/s1. The van der Waals surface area contributed by atoms with E-state index < -0.39 is 49.0 Å². The molecular weight excluding hydrogens is 626 g/mol. The number of aliphatic carboxylic acids is 1. The van der Waals surface area contributed by atoms with Crippen LogP contribution < -0.4 is 10.1 Å². The van der Waals surface area contributed by atoms with E-state index in [0.29, 0.717) is 38.2 Å². The zero-order chi connectivity index (χ0) is 34.2. The fourth-order valence-corrected chi connectivity index (χ4v) is 6.29. The number of piperazine rings is 1. The molecule has 1 aromatic carbocycles. The minimum atomic E-state index is -1.21. The van der Waals surface area contributed by atoms with Crippen LogP contribution in [-0.4, -0.2) is 140 Å². The Bertz CT molecular complexity index is 1500. The lowest BCUT2D eigenvalue weighted by atomic mass is 10.1. The molecule has 3 aliphatic heterocycles. The Morgan fingerprint density at radius 3 is 2.21 bits per heavy atom. The average molecular weight is 668 g/mol. The topological polar surface area (TPSA) is 195 Å². The van der Waals surface area contributed by atoms with Gasteiger partial charge in [-0.25, -0.2) is 9.48 Å². The summed E-state index contributed by atoms with van der Waals surface area (Å²) in [4.78, 5) is 82.0. The van der Waals surface area contributed by atoms with Gasteiger partial charge in [0.1, 0.15) is 12.1 Å². The second kappa shape index (κ2) is 15.6. The van der Waals surface area contributed by atoms with Crippen LogP contribution in [0.25, 0.3) is 5.69 Å². The maximum Gasteiger partial charge on any atom is 0.407 e. The summed E-state index contributed by atoms with van der Waals surface area (Å²) in [7, 11) is 0. The number of rotatable bonds is 11. The van der Waals surface area contributed by atoms with Crippen molar-refractivity contribution in [2.45, 2.75) is 57.0 Å². The van der Waals surface area contributed by atoms with Crippen LogP contribution in [0.15, 0.2) is 36.4 Å². The molecule has 16 nitrogen and oxygen atoms in total. The molecule has 0 radical (unpaired) electrons. The van der Waals surface area contributed by atoms with Gasteiger partial charge in [-0.15, -0.1) is 0 Å². The van der Waals surface area contributed by atoms with Gasteiger partial charge in [0.25, 0.3) is 11.8 Å². The van der Waals surface area contributed by atoms with Crippen molar-refractivity contribution < 1.29 is 43.7 Å². The summed E-state index contributed by atoms with van der Waals surface area (Å²) < 4.78 is 7.27. The lowest BCUT2D eigenvalue weighted by Crippen LogP contribution is -2.55. The lowest BCUT2D eigenvalue weighted by molar-refractivity contribution is -0.145. The molecule has 3 aliphatic rings. The van der Waals surface area contributed by atoms with Crippen molar-refractivity contribution in [1.82, 2.24) is 34.7 Å². The van der Waals surface area contributed by atoms with Crippen molar-refractivity contribution in [3.05, 3.63) is 42.1 Å². The Morgan fingerprint density at radius 2 is 1.54 bits per heavy atom. The first-order valence-corrected chi connectivity index (χ1v) is 16.3. The van der Waals surface area contributed by atoms with E-state index in [2.05, 4.69) is 10.4 Å². The summed E-state index contributed by atoms with van der Waals surface area (Å²) >= 11 is 0. The number of amides is 5.